The Hall–Kier alpha value is -2.16. The molecule has 1 heterocycles. The molecule has 0 saturated carbocycles. The van der Waals surface area contributed by atoms with Crippen LogP contribution in [0.2, 0.25) is 0 Å². The van der Waals surface area contributed by atoms with Gasteiger partial charge in [0, 0.05) is 17.5 Å². The van der Waals surface area contributed by atoms with Crippen LogP contribution >= 0.6 is 0 Å². The second-order valence-corrected chi connectivity index (χ2v) is 4.50. The Morgan fingerprint density at radius 2 is 1.67 bits per heavy atom. The van der Waals surface area contributed by atoms with Crippen molar-refractivity contribution in [2.45, 2.75) is 12.3 Å². The van der Waals surface area contributed by atoms with Gasteiger partial charge < -0.3 is 14.9 Å². The number of benzene rings is 2. The fourth-order valence-electron chi connectivity index (χ4n) is 2.43. The zero-order valence-electron chi connectivity index (χ0n) is 9.84. The molecule has 1 aliphatic rings. The number of aromatic hydroxyl groups is 2. The summed E-state index contributed by atoms with van der Waals surface area (Å²) in [5.74, 6) is 1.51. The normalized spacial score (nSPS) is 17.9. The van der Waals surface area contributed by atoms with Crippen LogP contribution in [0.4, 0.5) is 0 Å². The molecule has 0 saturated heterocycles. The highest BCUT2D eigenvalue weighted by molar-refractivity contribution is 5.47. The number of fused-ring (bicyclic) bond motifs is 1. The number of hydrogen-bond donors (Lipinski definition) is 2. The number of hydrogen-bond acceptors (Lipinski definition) is 3. The van der Waals surface area contributed by atoms with Crippen LogP contribution in [0.1, 0.15) is 23.5 Å². The minimum absolute atomic E-state index is 0.222. The van der Waals surface area contributed by atoms with E-state index < -0.39 is 0 Å². The van der Waals surface area contributed by atoms with Gasteiger partial charge in [-0.1, -0.05) is 18.2 Å². The van der Waals surface area contributed by atoms with Crippen molar-refractivity contribution in [1.29, 1.82) is 0 Å². The third-order valence-electron chi connectivity index (χ3n) is 3.33. The Balaban J connectivity index is 2.03. The lowest BCUT2D eigenvalue weighted by Crippen LogP contribution is -2.14. The molecule has 1 atom stereocenters. The first-order valence-electron chi connectivity index (χ1n) is 5.99. The third-order valence-corrected chi connectivity index (χ3v) is 3.33. The van der Waals surface area contributed by atoms with E-state index in [1.54, 1.807) is 24.3 Å². The maximum atomic E-state index is 9.47. The lowest BCUT2D eigenvalue weighted by Gasteiger charge is -2.26. The number of rotatable bonds is 1. The van der Waals surface area contributed by atoms with Crippen molar-refractivity contribution in [2.75, 3.05) is 6.61 Å². The fourth-order valence-corrected chi connectivity index (χ4v) is 2.43. The highest BCUT2D eigenvalue weighted by atomic mass is 16.5. The first kappa shape index (κ1) is 11.0. The minimum atomic E-state index is 0.222. The Morgan fingerprint density at radius 1 is 0.944 bits per heavy atom. The number of phenols is 2. The molecule has 2 N–H and O–H groups in total. The van der Waals surface area contributed by atoms with Crippen LogP contribution in [0.3, 0.4) is 0 Å². The van der Waals surface area contributed by atoms with E-state index in [9.17, 15) is 10.2 Å². The van der Waals surface area contributed by atoms with E-state index in [1.165, 1.54) is 0 Å². The van der Waals surface area contributed by atoms with Crippen LogP contribution in [0.5, 0.6) is 17.2 Å². The van der Waals surface area contributed by atoms with Gasteiger partial charge in [-0.15, -0.1) is 0 Å². The highest BCUT2D eigenvalue weighted by Gasteiger charge is 2.23. The predicted octanol–water partition coefficient (Wildman–Crippen LogP) is 3.01. The molecule has 0 bridgehead atoms. The second kappa shape index (κ2) is 4.26. The Labute approximate surface area is 105 Å². The lowest BCUT2D eigenvalue weighted by atomic mass is 9.87. The van der Waals surface area contributed by atoms with E-state index in [4.69, 9.17) is 4.74 Å². The van der Waals surface area contributed by atoms with Crippen molar-refractivity contribution >= 4 is 0 Å². The maximum Gasteiger partial charge on any atom is 0.126 e. The molecular weight excluding hydrogens is 228 g/mol. The van der Waals surface area contributed by atoms with E-state index in [0.717, 1.165) is 23.3 Å². The standard InChI is InChI=1S/C15H14O3/c16-11-3-1-10(2-4-11)13-7-8-18-15-9-12(17)5-6-14(13)15/h1-6,9,13,16-17H,7-8H2. The lowest BCUT2D eigenvalue weighted by molar-refractivity contribution is 0.275. The SMILES string of the molecule is Oc1ccc(C2CCOc3cc(O)ccc32)cc1. The maximum absolute atomic E-state index is 9.47. The molecule has 3 nitrogen and oxygen atoms in total. The topological polar surface area (TPSA) is 49.7 Å². The predicted molar refractivity (Wildman–Crippen MR) is 68.2 cm³/mol. The van der Waals surface area contributed by atoms with Crippen LogP contribution < -0.4 is 4.74 Å². The molecule has 3 rings (SSSR count). The molecule has 1 unspecified atom stereocenters. The summed E-state index contributed by atoms with van der Waals surface area (Å²) in [6, 6.07) is 12.5. The summed E-state index contributed by atoms with van der Waals surface area (Å²) in [5, 5.41) is 18.8. The first-order chi connectivity index (χ1) is 8.74. The van der Waals surface area contributed by atoms with Crippen molar-refractivity contribution in [3.05, 3.63) is 53.6 Å². The van der Waals surface area contributed by atoms with E-state index in [0.29, 0.717) is 6.61 Å². The first-order valence-corrected chi connectivity index (χ1v) is 5.99. The molecule has 1 aliphatic heterocycles. The largest absolute Gasteiger partial charge is 0.508 e. The van der Waals surface area contributed by atoms with Gasteiger partial charge in [-0.05, 0) is 30.2 Å². The monoisotopic (exact) mass is 242 g/mol. The van der Waals surface area contributed by atoms with E-state index in [2.05, 4.69) is 0 Å². The van der Waals surface area contributed by atoms with E-state index in [1.807, 2.05) is 18.2 Å². The van der Waals surface area contributed by atoms with Gasteiger partial charge in [-0.25, -0.2) is 0 Å². The summed E-state index contributed by atoms with van der Waals surface area (Å²) in [6.07, 6.45) is 0.905. The second-order valence-electron chi connectivity index (χ2n) is 4.50. The molecular formula is C15H14O3. The third kappa shape index (κ3) is 1.88. The smallest absolute Gasteiger partial charge is 0.126 e. The van der Waals surface area contributed by atoms with Gasteiger partial charge in [0.05, 0.1) is 6.61 Å². The minimum Gasteiger partial charge on any atom is -0.508 e. The molecule has 2 aromatic carbocycles. The van der Waals surface area contributed by atoms with Crippen molar-refractivity contribution in [3.63, 3.8) is 0 Å². The summed E-state index contributed by atoms with van der Waals surface area (Å²) in [7, 11) is 0. The quantitative estimate of drug-likeness (QED) is 0.808. The summed E-state index contributed by atoms with van der Waals surface area (Å²) >= 11 is 0. The fraction of sp³-hybridized carbons (Fsp3) is 0.200. The Kier molecular flexibility index (Phi) is 2.59. The molecule has 0 radical (unpaired) electrons. The Bertz CT molecular complexity index is 560. The average Bonchev–Trinajstić information content (AvgIpc) is 2.38. The van der Waals surface area contributed by atoms with Crippen LogP contribution in [0, 0.1) is 0 Å². The van der Waals surface area contributed by atoms with Crippen LogP contribution in [-0.4, -0.2) is 16.8 Å². The van der Waals surface area contributed by atoms with Gasteiger partial charge in [0.25, 0.3) is 0 Å². The molecule has 0 spiro atoms. The zero-order valence-corrected chi connectivity index (χ0v) is 9.84. The molecule has 0 amide bonds. The van der Waals surface area contributed by atoms with Crippen molar-refractivity contribution in [2.24, 2.45) is 0 Å². The van der Waals surface area contributed by atoms with Crippen LogP contribution in [-0.2, 0) is 0 Å². The van der Waals surface area contributed by atoms with Gasteiger partial charge in [-0.3, -0.25) is 0 Å². The molecule has 0 aromatic heterocycles. The summed E-state index contributed by atoms with van der Waals surface area (Å²) in [6.45, 7) is 0.641. The highest BCUT2D eigenvalue weighted by Crippen LogP contribution is 2.39. The van der Waals surface area contributed by atoms with Gasteiger partial charge in [0.2, 0.25) is 0 Å². The van der Waals surface area contributed by atoms with Crippen LogP contribution in [0.15, 0.2) is 42.5 Å². The van der Waals surface area contributed by atoms with E-state index >= 15 is 0 Å². The van der Waals surface area contributed by atoms with Crippen molar-refractivity contribution in [1.82, 2.24) is 0 Å². The molecule has 3 heteroatoms. The number of phenolic OH excluding ortho intramolecular Hbond substituents is 2. The summed E-state index contributed by atoms with van der Waals surface area (Å²) in [4.78, 5) is 0. The average molecular weight is 242 g/mol. The summed E-state index contributed by atoms with van der Waals surface area (Å²) in [5.41, 5.74) is 2.24. The van der Waals surface area contributed by atoms with Gasteiger partial charge in [0.15, 0.2) is 0 Å². The molecule has 92 valence electrons. The zero-order chi connectivity index (χ0) is 12.5. The van der Waals surface area contributed by atoms with Gasteiger partial charge in [0.1, 0.15) is 17.2 Å². The Morgan fingerprint density at radius 3 is 2.44 bits per heavy atom. The molecule has 2 aromatic rings. The number of ether oxygens (including phenoxy) is 1. The molecule has 18 heavy (non-hydrogen) atoms. The van der Waals surface area contributed by atoms with Gasteiger partial charge >= 0.3 is 0 Å². The molecule has 0 aliphatic carbocycles. The van der Waals surface area contributed by atoms with E-state index in [-0.39, 0.29) is 17.4 Å². The van der Waals surface area contributed by atoms with Crippen LogP contribution in [0.25, 0.3) is 0 Å². The van der Waals surface area contributed by atoms with Gasteiger partial charge in [-0.2, -0.15) is 0 Å². The summed E-state index contributed by atoms with van der Waals surface area (Å²) < 4.78 is 5.57. The van der Waals surface area contributed by atoms with Crippen molar-refractivity contribution in [3.8, 4) is 17.2 Å². The van der Waals surface area contributed by atoms with Crippen molar-refractivity contribution < 1.29 is 14.9 Å². The molecule has 0 fully saturated rings.